The molecule has 0 bridgehead atoms. The summed E-state index contributed by atoms with van der Waals surface area (Å²) in [6, 6.07) is 37.5. The second kappa shape index (κ2) is 10.5. The molecule has 0 aliphatic rings. The molecule has 0 amide bonds. The van der Waals surface area contributed by atoms with Crippen LogP contribution in [0.1, 0.15) is 5.56 Å². The number of rotatable bonds is 3. The molecule has 0 spiro atoms. The molecule has 2 heterocycles. The van der Waals surface area contributed by atoms with Crippen LogP contribution in [0.3, 0.4) is 0 Å². The average molecular weight is 631 g/mol. The second-order valence-electron chi connectivity index (χ2n) is 10.1. The van der Waals surface area contributed by atoms with Crippen LogP contribution in [0.2, 0.25) is 0 Å². The van der Waals surface area contributed by atoms with E-state index in [0.717, 1.165) is 0 Å². The molecule has 3 nitrogen and oxygen atoms in total. The van der Waals surface area contributed by atoms with Crippen LogP contribution in [0.4, 0.5) is 0 Å². The average Bonchev–Trinajstić information content (AvgIpc) is 3.49. The van der Waals surface area contributed by atoms with Crippen LogP contribution in [0, 0.1) is 17.1 Å². The van der Waals surface area contributed by atoms with E-state index in [4.69, 9.17) is 4.65 Å². The molecule has 4 heteroatoms. The van der Waals surface area contributed by atoms with Crippen LogP contribution in [0.5, 0.6) is 0 Å². The minimum absolute atomic E-state index is 1.24. The van der Waals surface area contributed by atoms with E-state index in [-0.39, 0.29) is 0 Å². The van der Waals surface area contributed by atoms with E-state index in [9.17, 15) is 0 Å². The SMILES string of the molecule is Cc1ccc(-c2c(I)c(-c3ccccc3)c(-c3cn(C)c4ccccc34)c3c2c2ccccc2n3C)cc1.[C-]#[O+]. The zero-order chi connectivity index (χ0) is 28.0. The number of halogens is 1. The van der Waals surface area contributed by atoms with Gasteiger partial charge in [0.15, 0.2) is 0 Å². The van der Waals surface area contributed by atoms with E-state index in [1.807, 2.05) is 0 Å². The summed E-state index contributed by atoms with van der Waals surface area (Å²) in [6.07, 6.45) is 2.31. The van der Waals surface area contributed by atoms with Crippen LogP contribution < -0.4 is 0 Å². The van der Waals surface area contributed by atoms with Crippen molar-refractivity contribution in [2.24, 2.45) is 14.1 Å². The molecule has 2 aromatic heterocycles. The van der Waals surface area contributed by atoms with Gasteiger partial charge in [0, 0.05) is 73.3 Å². The first-order valence-electron chi connectivity index (χ1n) is 13.1. The number of benzene rings is 5. The third kappa shape index (κ3) is 3.99. The third-order valence-electron chi connectivity index (χ3n) is 7.85. The van der Waals surface area contributed by atoms with Crippen molar-refractivity contribution in [1.29, 1.82) is 0 Å². The molecule has 194 valence electrons. The molecule has 0 unspecified atom stereocenters. The maximum absolute atomic E-state index is 7.50. The first kappa shape index (κ1) is 26.1. The van der Waals surface area contributed by atoms with Gasteiger partial charge in [-0.25, -0.2) is 0 Å². The molecular formula is C36H27IN2O. The van der Waals surface area contributed by atoms with Crippen LogP contribution in [0.15, 0.2) is 109 Å². The summed E-state index contributed by atoms with van der Waals surface area (Å²) in [7, 11) is 4.37. The first-order valence-corrected chi connectivity index (χ1v) is 14.2. The van der Waals surface area contributed by atoms with Crippen molar-refractivity contribution in [3.05, 3.63) is 125 Å². The van der Waals surface area contributed by atoms with Gasteiger partial charge in [-0.2, -0.15) is 0 Å². The third-order valence-corrected chi connectivity index (χ3v) is 8.93. The number of aromatic nitrogens is 2. The quantitative estimate of drug-likeness (QED) is 0.106. The molecule has 0 atom stereocenters. The Morgan fingerprint density at radius 1 is 0.625 bits per heavy atom. The van der Waals surface area contributed by atoms with Gasteiger partial charge in [0.25, 0.3) is 0 Å². The zero-order valence-electron chi connectivity index (χ0n) is 22.6. The predicted octanol–water partition coefficient (Wildman–Crippen LogP) is 9.70. The Morgan fingerprint density at radius 3 is 1.90 bits per heavy atom. The van der Waals surface area contributed by atoms with Crippen LogP contribution in [-0.2, 0) is 18.7 Å². The number of aryl methyl sites for hydroxylation is 3. The van der Waals surface area contributed by atoms with Crippen molar-refractivity contribution >= 4 is 55.3 Å². The number of para-hydroxylation sites is 2. The number of hydrogen-bond donors (Lipinski definition) is 0. The molecule has 0 aliphatic heterocycles. The standard InChI is InChI=1S/C35H27IN2.CO/c1-22-17-19-24(20-18-22)31-32-26-14-8-10-16-29(26)38(3)35(32)33(30(34(31)36)23-11-5-4-6-12-23)27-21-37(2)28-15-9-7-13-25(27)28;1-2/h4-21H,1-3H3;. The summed E-state index contributed by atoms with van der Waals surface area (Å²) in [5.41, 5.74) is 12.7. The predicted molar refractivity (Wildman–Crippen MR) is 175 cm³/mol. The summed E-state index contributed by atoms with van der Waals surface area (Å²) in [4.78, 5) is 0. The van der Waals surface area contributed by atoms with E-state index in [0.29, 0.717) is 0 Å². The van der Waals surface area contributed by atoms with Gasteiger partial charge in [-0.15, -0.1) is 0 Å². The molecule has 7 aromatic rings. The topological polar surface area (TPSA) is 29.8 Å². The molecule has 0 N–H and O–H groups in total. The number of hydrogen-bond acceptors (Lipinski definition) is 0. The summed E-state index contributed by atoms with van der Waals surface area (Å²) >= 11 is 2.61. The van der Waals surface area contributed by atoms with Gasteiger partial charge in [0.2, 0.25) is 0 Å². The van der Waals surface area contributed by atoms with Crippen LogP contribution in [0.25, 0.3) is 66.1 Å². The summed E-state index contributed by atoms with van der Waals surface area (Å²) < 4.78 is 13.4. The second-order valence-corrected chi connectivity index (χ2v) is 11.2. The van der Waals surface area contributed by atoms with Gasteiger partial charge in [-0.3, -0.25) is 0 Å². The molecule has 0 aliphatic carbocycles. The first-order chi connectivity index (χ1) is 19.5. The molecule has 0 saturated heterocycles. The van der Waals surface area contributed by atoms with E-state index in [1.165, 1.54) is 75.2 Å². The van der Waals surface area contributed by atoms with E-state index in [1.54, 1.807) is 0 Å². The fourth-order valence-electron chi connectivity index (χ4n) is 6.07. The Bertz CT molecular complexity index is 2040. The molecule has 0 saturated carbocycles. The van der Waals surface area contributed by atoms with Crippen molar-refractivity contribution in [2.75, 3.05) is 0 Å². The van der Waals surface area contributed by atoms with E-state index in [2.05, 4.69) is 169 Å². The van der Waals surface area contributed by atoms with Crippen molar-refractivity contribution in [1.82, 2.24) is 9.13 Å². The van der Waals surface area contributed by atoms with Crippen molar-refractivity contribution in [3.8, 4) is 33.4 Å². The summed E-state index contributed by atoms with van der Waals surface area (Å²) in [5, 5.41) is 3.89. The fourth-order valence-corrected chi connectivity index (χ4v) is 7.23. The van der Waals surface area contributed by atoms with Crippen molar-refractivity contribution < 1.29 is 4.65 Å². The summed E-state index contributed by atoms with van der Waals surface area (Å²) in [6.45, 7) is 6.65. The molecule has 0 fully saturated rings. The number of nitrogens with zero attached hydrogens (tertiary/aromatic N) is 2. The maximum atomic E-state index is 7.50. The van der Waals surface area contributed by atoms with Gasteiger partial charge < -0.3 is 9.13 Å². The monoisotopic (exact) mass is 630 g/mol. The Labute approximate surface area is 247 Å². The molecule has 5 aromatic carbocycles. The minimum atomic E-state index is 1.24. The van der Waals surface area contributed by atoms with Crippen molar-refractivity contribution in [3.63, 3.8) is 0 Å². The van der Waals surface area contributed by atoms with E-state index < -0.39 is 0 Å². The molecule has 40 heavy (non-hydrogen) atoms. The Kier molecular flexibility index (Phi) is 6.85. The van der Waals surface area contributed by atoms with Gasteiger partial charge in [0.1, 0.15) is 0 Å². The summed E-state index contributed by atoms with van der Waals surface area (Å²) in [5.74, 6) is 0. The fraction of sp³-hybridized carbons (Fsp3) is 0.0833. The van der Waals surface area contributed by atoms with Gasteiger partial charge in [-0.1, -0.05) is 96.6 Å². The van der Waals surface area contributed by atoms with Crippen LogP contribution in [-0.4, -0.2) is 9.13 Å². The van der Waals surface area contributed by atoms with Crippen molar-refractivity contribution in [2.45, 2.75) is 6.92 Å². The Morgan fingerprint density at radius 2 is 1.20 bits per heavy atom. The van der Waals surface area contributed by atoms with Crippen LogP contribution >= 0.6 is 22.6 Å². The Balaban J connectivity index is 0.00000142. The number of fused-ring (bicyclic) bond motifs is 4. The zero-order valence-corrected chi connectivity index (χ0v) is 24.7. The Hall–Kier alpha value is -4.09. The molecular weight excluding hydrogens is 603 g/mol. The van der Waals surface area contributed by atoms with E-state index >= 15 is 0 Å². The van der Waals surface area contributed by atoms with Gasteiger partial charge in [0.05, 0.1) is 5.52 Å². The van der Waals surface area contributed by atoms with Gasteiger partial charge >= 0.3 is 11.3 Å². The molecule has 7 rings (SSSR count). The molecule has 0 radical (unpaired) electrons. The normalized spacial score (nSPS) is 11.2. The van der Waals surface area contributed by atoms with Gasteiger partial charge in [-0.05, 0) is 52.8 Å².